The van der Waals surface area contributed by atoms with E-state index in [1.165, 1.54) is 6.07 Å². The highest BCUT2D eigenvalue weighted by Crippen LogP contribution is 2.26. The molecule has 0 radical (unpaired) electrons. The second-order valence-corrected chi connectivity index (χ2v) is 6.92. The molecule has 0 aliphatic rings. The Hall–Kier alpha value is -2.32. The van der Waals surface area contributed by atoms with Gasteiger partial charge in [-0.3, -0.25) is 15.1 Å². The number of aromatic nitrogens is 1. The highest BCUT2D eigenvalue weighted by molar-refractivity contribution is 7.89. The summed E-state index contributed by atoms with van der Waals surface area (Å²) in [5.74, 6) is 0. The van der Waals surface area contributed by atoms with Gasteiger partial charge in [0.1, 0.15) is 0 Å². The Morgan fingerprint density at radius 1 is 1.26 bits per heavy atom. The van der Waals surface area contributed by atoms with Crippen molar-refractivity contribution in [3.63, 3.8) is 0 Å². The summed E-state index contributed by atoms with van der Waals surface area (Å²) < 4.78 is 27.7. The molecule has 2 aromatic rings. The molecule has 122 valence electrons. The number of sulfonamides is 1. The van der Waals surface area contributed by atoms with Crippen molar-refractivity contribution in [1.29, 1.82) is 0 Å². The standard InChI is InChI=1S/C15H17N3O4S/c1-10-8-13(18(19)20)9-15(11(10)2)23(21,22)17-12(3)14-6-4-5-7-16-14/h4-9,12,17H,1-3H3. The molecule has 0 aliphatic carbocycles. The molecule has 0 amide bonds. The van der Waals surface area contributed by atoms with Gasteiger partial charge in [-0.05, 0) is 44.0 Å². The second-order valence-electron chi connectivity index (χ2n) is 5.24. The summed E-state index contributed by atoms with van der Waals surface area (Å²) in [6, 6.07) is 7.08. The molecule has 1 N–H and O–H groups in total. The molecule has 1 aromatic heterocycles. The molecule has 0 spiro atoms. The predicted octanol–water partition coefficient (Wildman–Crippen LogP) is 2.65. The van der Waals surface area contributed by atoms with E-state index in [9.17, 15) is 18.5 Å². The lowest BCUT2D eigenvalue weighted by atomic mass is 10.1. The fourth-order valence-electron chi connectivity index (χ4n) is 2.18. The minimum absolute atomic E-state index is 0.0908. The molecule has 1 atom stereocenters. The summed E-state index contributed by atoms with van der Waals surface area (Å²) in [5.41, 5.74) is 1.34. The van der Waals surface area contributed by atoms with Crippen molar-refractivity contribution in [2.75, 3.05) is 0 Å². The van der Waals surface area contributed by atoms with Crippen LogP contribution in [-0.2, 0) is 10.0 Å². The summed E-state index contributed by atoms with van der Waals surface area (Å²) in [6.45, 7) is 4.93. The Kier molecular flexibility index (Phi) is 4.76. The van der Waals surface area contributed by atoms with Crippen LogP contribution in [0.15, 0.2) is 41.4 Å². The number of benzene rings is 1. The lowest BCUT2D eigenvalue weighted by Gasteiger charge is -2.15. The van der Waals surface area contributed by atoms with Crippen molar-refractivity contribution in [1.82, 2.24) is 9.71 Å². The molecule has 0 saturated heterocycles. The first-order valence-corrected chi connectivity index (χ1v) is 8.39. The van der Waals surface area contributed by atoms with Crippen molar-refractivity contribution < 1.29 is 13.3 Å². The fourth-order valence-corrected chi connectivity index (χ4v) is 3.74. The van der Waals surface area contributed by atoms with Gasteiger partial charge in [-0.15, -0.1) is 0 Å². The van der Waals surface area contributed by atoms with E-state index in [1.807, 2.05) is 0 Å². The molecule has 7 nitrogen and oxygen atoms in total. The van der Waals surface area contributed by atoms with Crippen LogP contribution < -0.4 is 4.72 Å². The number of pyridine rings is 1. The summed E-state index contributed by atoms with van der Waals surface area (Å²) in [6.07, 6.45) is 1.57. The van der Waals surface area contributed by atoms with E-state index in [-0.39, 0.29) is 10.6 Å². The Labute approximate surface area is 134 Å². The maximum Gasteiger partial charge on any atom is 0.271 e. The SMILES string of the molecule is Cc1cc([N+](=O)[O-])cc(S(=O)(=O)NC(C)c2ccccn2)c1C. The third kappa shape index (κ3) is 3.72. The number of hydrogen-bond donors (Lipinski definition) is 1. The molecule has 0 fully saturated rings. The van der Waals surface area contributed by atoms with Gasteiger partial charge in [0.15, 0.2) is 0 Å². The number of rotatable bonds is 5. The number of nitrogens with one attached hydrogen (secondary N) is 1. The van der Waals surface area contributed by atoms with Crippen molar-refractivity contribution >= 4 is 15.7 Å². The van der Waals surface area contributed by atoms with E-state index in [4.69, 9.17) is 0 Å². The summed E-state index contributed by atoms with van der Waals surface area (Å²) in [7, 11) is -3.91. The van der Waals surface area contributed by atoms with E-state index in [2.05, 4.69) is 9.71 Å². The van der Waals surface area contributed by atoms with Gasteiger partial charge in [0.05, 0.1) is 21.6 Å². The zero-order valence-electron chi connectivity index (χ0n) is 13.0. The summed E-state index contributed by atoms with van der Waals surface area (Å²) in [5, 5.41) is 11.0. The van der Waals surface area contributed by atoms with Crippen LogP contribution >= 0.6 is 0 Å². The lowest BCUT2D eigenvalue weighted by Crippen LogP contribution is -2.28. The van der Waals surface area contributed by atoms with Gasteiger partial charge in [-0.1, -0.05) is 6.07 Å². The first-order chi connectivity index (χ1) is 10.7. The molecule has 0 saturated carbocycles. The van der Waals surface area contributed by atoms with Gasteiger partial charge in [-0.2, -0.15) is 0 Å². The third-order valence-electron chi connectivity index (χ3n) is 3.57. The Morgan fingerprint density at radius 2 is 1.96 bits per heavy atom. The quantitative estimate of drug-likeness (QED) is 0.668. The molecule has 1 unspecified atom stereocenters. The Morgan fingerprint density at radius 3 is 2.52 bits per heavy atom. The molecule has 2 rings (SSSR count). The second kappa shape index (κ2) is 6.43. The van der Waals surface area contributed by atoms with Crippen LogP contribution in [0, 0.1) is 24.0 Å². The molecular formula is C15H17N3O4S. The van der Waals surface area contributed by atoms with Crippen LogP contribution in [0.5, 0.6) is 0 Å². The Bertz CT molecular complexity index is 835. The zero-order valence-corrected chi connectivity index (χ0v) is 13.8. The summed E-state index contributed by atoms with van der Waals surface area (Å²) in [4.78, 5) is 14.4. The van der Waals surface area contributed by atoms with Crippen LogP contribution in [0.2, 0.25) is 0 Å². The first kappa shape index (κ1) is 17.0. The smallest absolute Gasteiger partial charge is 0.260 e. The molecule has 23 heavy (non-hydrogen) atoms. The first-order valence-electron chi connectivity index (χ1n) is 6.91. The van der Waals surface area contributed by atoms with Crippen LogP contribution in [0.1, 0.15) is 29.8 Å². The maximum absolute atomic E-state index is 12.6. The van der Waals surface area contributed by atoms with Crippen LogP contribution in [0.25, 0.3) is 0 Å². The molecule has 0 aliphatic heterocycles. The van der Waals surface area contributed by atoms with E-state index in [1.54, 1.807) is 45.2 Å². The number of nitro groups is 1. The van der Waals surface area contributed by atoms with Crippen molar-refractivity contribution in [3.8, 4) is 0 Å². The fraction of sp³-hybridized carbons (Fsp3) is 0.267. The van der Waals surface area contributed by atoms with Gasteiger partial charge in [0, 0.05) is 18.3 Å². The highest BCUT2D eigenvalue weighted by atomic mass is 32.2. The Balaban J connectivity index is 2.42. The van der Waals surface area contributed by atoms with Gasteiger partial charge < -0.3 is 0 Å². The highest BCUT2D eigenvalue weighted by Gasteiger charge is 2.24. The number of aryl methyl sites for hydroxylation is 1. The van der Waals surface area contributed by atoms with Crippen LogP contribution in [0.3, 0.4) is 0 Å². The van der Waals surface area contributed by atoms with Gasteiger partial charge in [-0.25, -0.2) is 13.1 Å². The van der Waals surface area contributed by atoms with Gasteiger partial charge in [0.2, 0.25) is 10.0 Å². The minimum atomic E-state index is -3.91. The monoisotopic (exact) mass is 335 g/mol. The van der Waals surface area contributed by atoms with Gasteiger partial charge >= 0.3 is 0 Å². The number of non-ortho nitro benzene ring substituents is 1. The number of hydrogen-bond acceptors (Lipinski definition) is 5. The minimum Gasteiger partial charge on any atom is -0.260 e. The van der Waals surface area contributed by atoms with E-state index >= 15 is 0 Å². The van der Waals surface area contributed by atoms with Crippen molar-refractivity contribution in [2.24, 2.45) is 0 Å². The normalized spacial score (nSPS) is 12.8. The van der Waals surface area contributed by atoms with Gasteiger partial charge in [0.25, 0.3) is 5.69 Å². The molecule has 8 heteroatoms. The summed E-state index contributed by atoms with van der Waals surface area (Å²) >= 11 is 0. The molecule has 0 bridgehead atoms. The van der Waals surface area contributed by atoms with Crippen LogP contribution in [0.4, 0.5) is 5.69 Å². The van der Waals surface area contributed by atoms with E-state index in [0.717, 1.165) is 6.07 Å². The molecular weight excluding hydrogens is 318 g/mol. The number of nitro benzene ring substituents is 1. The average Bonchev–Trinajstić information content (AvgIpc) is 2.49. The average molecular weight is 335 g/mol. The van der Waals surface area contributed by atoms with Crippen LogP contribution in [-0.4, -0.2) is 18.3 Å². The van der Waals surface area contributed by atoms with Crippen molar-refractivity contribution in [3.05, 3.63) is 63.5 Å². The molecule has 1 heterocycles. The van der Waals surface area contributed by atoms with E-state index in [0.29, 0.717) is 16.8 Å². The maximum atomic E-state index is 12.6. The topological polar surface area (TPSA) is 102 Å². The largest absolute Gasteiger partial charge is 0.271 e. The van der Waals surface area contributed by atoms with E-state index < -0.39 is 21.0 Å². The molecule has 1 aromatic carbocycles. The zero-order chi connectivity index (χ0) is 17.2. The third-order valence-corrected chi connectivity index (χ3v) is 5.24. The lowest BCUT2D eigenvalue weighted by molar-refractivity contribution is -0.385. The van der Waals surface area contributed by atoms with Crippen molar-refractivity contribution in [2.45, 2.75) is 31.7 Å². The number of nitrogens with zero attached hydrogens (tertiary/aromatic N) is 2. The predicted molar refractivity (Wildman–Crippen MR) is 85.5 cm³/mol.